The first-order chi connectivity index (χ1) is 12.1. The Morgan fingerprint density at radius 3 is 2.48 bits per heavy atom. The number of nitrogens with one attached hydrogen (secondary N) is 1. The van der Waals surface area contributed by atoms with Crippen LogP contribution in [-0.2, 0) is 4.74 Å². The predicted octanol–water partition coefficient (Wildman–Crippen LogP) is 2.27. The number of benzene rings is 1. The average Bonchev–Trinajstić information content (AvgIpc) is 2.65. The van der Waals surface area contributed by atoms with Crippen molar-refractivity contribution in [2.75, 3.05) is 39.8 Å². The quantitative estimate of drug-likeness (QED) is 0.777. The van der Waals surface area contributed by atoms with Gasteiger partial charge in [0.1, 0.15) is 6.61 Å². The van der Waals surface area contributed by atoms with Crippen molar-refractivity contribution in [3.05, 3.63) is 23.8 Å². The van der Waals surface area contributed by atoms with Crippen LogP contribution in [0.4, 0.5) is 4.79 Å². The summed E-state index contributed by atoms with van der Waals surface area (Å²) in [5.74, 6) is 1.31. The number of carbonyl (C=O) groups is 2. The van der Waals surface area contributed by atoms with Crippen molar-refractivity contribution in [3.8, 4) is 11.5 Å². The molecule has 1 N–H and O–H groups in total. The van der Waals surface area contributed by atoms with E-state index >= 15 is 0 Å². The molecule has 138 valence electrons. The van der Waals surface area contributed by atoms with Crippen molar-refractivity contribution in [1.82, 2.24) is 10.2 Å². The second-order valence-electron chi connectivity index (χ2n) is 5.61. The van der Waals surface area contributed by atoms with Crippen molar-refractivity contribution in [2.45, 2.75) is 18.9 Å². The molecule has 0 aromatic heterocycles. The number of alkyl halides is 1. The predicted molar refractivity (Wildman–Crippen MR) is 93.7 cm³/mol. The highest BCUT2D eigenvalue weighted by molar-refractivity contribution is 6.18. The summed E-state index contributed by atoms with van der Waals surface area (Å²) < 4.78 is 15.3. The molecule has 1 aliphatic heterocycles. The lowest BCUT2D eigenvalue weighted by Crippen LogP contribution is -2.46. The fraction of sp³-hybridized carbons (Fsp3) is 0.529. The van der Waals surface area contributed by atoms with Gasteiger partial charge in [-0.2, -0.15) is 0 Å². The Hall–Kier alpha value is -2.15. The van der Waals surface area contributed by atoms with Gasteiger partial charge in [0.2, 0.25) is 0 Å². The number of amides is 2. The van der Waals surface area contributed by atoms with Crippen LogP contribution in [-0.4, -0.2) is 62.7 Å². The van der Waals surface area contributed by atoms with Gasteiger partial charge in [-0.05, 0) is 31.0 Å². The van der Waals surface area contributed by atoms with Crippen molar-refractivity contribution < 1.29 is 23.8 Å². The summed E-state index contributed by atoms with van der Waals surface area (Å²) >= 11 is 5.48. The van der Waals surface area contributed by atoms with Crippen molar-refractivity contribution in [2.24, 2.45) is 0 Å². The number of rotatable bonds is 6. The summed E-state index contributed by atoms with van der Waals surface area (Å²) in [6, 6.07) is 5.11. The van der Waals surface area contributed by atoms with Gasteiger partial charge < -0.3 is 24.4 Å². The van der Waals surface area contributed by atoms with E-state index in [9.17, 15) is 9.59 Å². The van der Waals surface area contributed by atoms with Crippen molar-refractivity contribution >= 4 is 23.6 Å². The van der Waals surface area contributed by atoms with Crippen LogP contribution in [0, 0.1) is 0 Å². The zero-order valence-corrected chi connectivity index (χ0v) is 15.2. The number of carbonyl (C=O) groups excluding carboxylic acids is 2. The third-order valence-corrected chi connectivity index (χ3v) is 4.20. The number of likely N-dealkylation sites (tertiary alicyclic amines) is 1. The molecule has 0 saturated carbocycles. The number of halogens is 1. The first kappa shape index (κ1) is 19.2. The normalized spacial score (nSPS) is 14.8. The van der Waals surface area contributed by atoms with Crippen LogP contribution in [0.5, 0.6) is 11.5 Å². The molecule has 0 spiro atoms. The Morgan fingerprint density at radius 2 is 1.88 bits per heavy atom. The average molecular weight is 371 g/mol. The molecule has 2 rings (SSSR count). The zero-order valence-electron chi connectivity index (χ0n) is 14.4. The van der Waals surface area contributed by atoms with Gasteiger partial charge in [0, 0.05) is 24.7 Å². The lowest BCUT2D eigenvalue weighted by molar-refractivity contribution is 0.0702. The topological polar surface area (TPSA) is 77.1 Å². The van der Waals surface area contributed by atoms with Crippen LogP contribution in [0.25, 0.3) is 0 Å². The maximum Gasteiger partial charge on any atom is 0.407 e. The highest BCUT2D eigenvalue weighted by Gasteiger charge is 2.25. The fourth-order valence-corrected chi connectivity index (χ4v) is 2.80. The Bertz CT molecular complexity index is 603. The van der Waals surface area contributed by atoms with Gasteiger partial charge in [0.25, 0.3) is 5.91 Å². The van der Waals surface area contributed by atoms with Crippen LogP contribution in [0.15, 0.2) is 18.2 Å². The third kappa shape index (κ3) is 5.16. The smallest absolute Gasteiger partial charge is 0.407 e. The molecule has 0 unspecified atom stereocenters. The van der Waals surface area contributed by atoms with E-state index in [-0.39, 0.29) is 24.4 Å². The van der Waals surface area contributed by atoms with Gasteiger partial charge >= 0.3 is 6.09 Å². The van der Waals surface area contributed by atoms with Crippen LogP contribution in [0.1, 0.15) is 23.2 Å². The maximum absolute atomic E-state index is 12.6. The minimum atomic E-state index is -0.467. The molecule has 1 fully saturated rings. The first-order valence-electron chi connectivity index (χ1n) is 8.09. The number of hydrogen-bond acceptors (Lipinski definition) is 5. The van der Waals surface area contributed by atoms with E-state index in [0.29, 0.717) is 43.0 Å². The van der Waals surface area contributed by atoms with E-state index < -0.39 is 6.09 Å². The maximum atomic E-state index is 12.6. The lowest BCUT2D eigenvalue weighted by atomic mass is 10.0. The van der Waals surface area contributed by atoms with E-state index in [0.717, 1.165) is 0 Å². The summed E-state index contributed by atoms with van der Waals surface area (Å²) in [5, 5.41) is 2.79. The molecule has 0 radical (unpaired) electrons. The van der Waals surface area contributed by atoms with Crippen LogP contribution in [0.3, 0.4) is 0 Å². The largest absolute Gasteiger partial charge is 0.493 e. The molecule has 0 atom stereocenters. The Morgan fingerprint density at radius 1 is 1.20 bits per heavy atom. The van der Waals surface area contributed by atoms with Gasteiger partial charge in [-0.25, -0.2) is 4.79 Å². The monoisotopic (exact) mass is 370 g/mol. The van der Waals surface area contributed by atoms with Gasteiger partial charge in [-0.3, -0.25) is 4.79 Å². The van der Waals surface area contributed by atoms with Crippen LogP contribution < -0.4 is 14.8 Å². The fourth-order valence-electron chi connectivity index (χ4n) is 2.72. The molecule has 7 nitrogen and oxygen atoms in total. The third-order valence-electron chi connectivity index (χ3n) is 4.04. The van der Waals surface area contributed by atoms with E-state index in [4.69, 9.17) is 25.8 Å². The standard InChI is InChI=1S/C17H23ClN2O5/c1-23-14-4-3-12(11-15(14)24-2)16(21)20-8-5-13(6-9-20)19-17(22)25-10-7-18/h3-4,11,13H,5-10H2,1-2H3,(H,19,22). The highest BCUT2D eigenvalue weighted by atomic mass is 35.5. The Labute approximate surface area is 152 Å². The van der Waals surface area contributed by atoms with Gasteiger partial charge in [-0.15, -0.1) is 11.6 Å². The lowest BCUT2D eigenvalue weighted by Gasteiger charge is -2.32. The molecule has 1 heterocycles. The second kappa shape index (κ2) is 9.36. The van der Waals surface area contributed by atoms with Gasteiger partial charge in [0.05, 0.1) is 20.1 Å². The van der Waals surface area contributed by atoms with Crippen LogP contribution in [0.2, 0.25) is 0 Å². The Balaban J connectivity index is 1.90. The van der Waals surface area contributed by atoms with E-state index in [1.54, 1.807) is 30.2 Å². The summed E-state index contributed by atoms with van der Waals surface area (Å²) in [7, 11) is 3.09. The summed E-state index contributed by atoms with van der Waals surface area (Å²) in [6.07, 6.45) is 0.884. The molecule has 1 saturated heterocycles. The van der Waals surface area contributed by atoms with E-state index in [1.807, 2.05) is 0 Å². The number of hydrogen-bond donors (Lipinski definition) is 1. The number of ether oxygens (including phenoxy) is 3. The number of alkyl carbamates (subject to hydrolysis) is 1. The van der Waals surface area contributed by atoms with Gasteiger partial charge in [0.15, 0.2) is 11.5 Å². The van der Waals surface area contributed by atoms with Gasteiger partial charge in [-0.1, -0.05) is 0 Å². The molecule has 0 aliphatic carbocycles. The molecule has 0 bridgehead atoms. The van der Waals surface area contributed by atoms with E-state index in [2.05, 4.69) is 5.32 Å². The molecule has 2 amide bonds. The molecule has 25 heavy (non-hydrogen) atoms. The molecule has 1 aromatic carbocycles. The molecular weight excluding hydrogens is 348 g/mol. The first-order valence-corrected chi connectivity index (χ1v) is 8.63. The number of piperidine rings is 1. The van der Waals surface area contributed by atoms with Crippen LogP contribution >= 0.6 is 11.6 Å². The minimum absolute atomic E-state index is 0.00252. The van der Waals surface area contributed by atoms with Crippen molar-refractivity contribution in [3.63, 3.8) is 0 Å². The summed E-state index contributed by atoms with van der Waals surface area (Å²) in [6.45, 7) is 1.31. The molecular formula is C17H23ClN2O5. The molecule has 1 aromatic rings. The Kier molecular flexibility index (Phi) is 7.18. The molecule has 1 aliphatic rings. The van der Waals surface area contributed by atoms with Crippen molar-refractivity contribution in [1.29, 1.82) is 0 Å². The molecule has 8 heteroatoms. The number of methoxy groups -OCH3 is 2. The SMILES string of the molecule is COc1ccc(C(=O)N2CCC(NC(=O)OCCCl)CC2)cc1OC. The highest BCUT2D eigenvalue weighted by Crippen LogP contribution is 2.28. The second-order valence-corrected chi connectivity index (χ2v) is 5.98. The van der Waals surface area contributed by atoms with E-state index in [1.165, 1.54) is 7.11 Å². The summed E-state index contributed by atoms with van der Waals surface area (Å²) in [5.41, 5.74) is 0.547. The minimum Gasteiger partial charge on any atom is -0.493 e. The summed E-state index contributed by atoms with van der Waals surface area (Å²) in [4.78, 5) is 25.9. The number of nitrogens with zero attached hydrogens (tertiary/aromatic N) is 1. The zero-order chi connectivity index (χ0) is 18.2.